The second-order valence-electron chi connectivity index (χ2n) is 6.36. The van der Waals surface area contributed by atoms with Crippen LogP contribution in [0.1, 0.15) is 43.4 Å². The monoisotopic (exact) mass is 427 g/mol. The highest BCUT2D eigenvalue weighted by atomic mass is 79.9. The number of halogens is 1. The molecule has 4 heteroatoms. The van der Waals surface area contributed by atoms with E-state index in [1.54, 1.807) is 7.11 Å². The minimum absolute atomic E-state index is 0.455. The smallest absolute Gasteiger partial charge is 0.125 e. The van der Waals surface area contributed by atoms with Crippen molar-refractivity contribution in [2.45, 2.75) is 39.7 Å². The van der Waals surface area contributed by atoms with Crippen LogP contribution in [-0.4, -0.2) is 12.4 Å². The fraction of sp³-hybridized carbons (Fsp3) is 0.348. The molecular formula is C23H26BrNO2. The summed E-state index contributed by atoms with van der Waals surface area (Å²) in [6, 6.07) is 16.5. The van der Waals surface area contributed by atoms with Crippen molar-refractivity contribution in [3.63, 3.8) is 0 Å². The SMILES string of the molecule is CCCc1ccc(COc2ccc(/C(C)=C(/C#N)CCBr)cc2)c(OC)c1. The van der Waals surface area contributed by atoms with Gasteiger partial charge in [-0.3, -0.25) is 0 Å². The van der Waals surface area contributed by atoms with Gasteiger partial charge in [0.15, 0.2) is 0 Å². The maximum absolute atomic E-state index is 9.29. The van der Waals surface area contributed by atoms with Crippen LogP contribution in [0.4, 0.5) is 0 Å². The predicted molar refractivity (Wildman–Crippen MR) is 114 cm³/mol. The van der Waals surface area contributed by atoms with Crippen molar-refractivity contribution in [3.05, 3.63) is 64.7 Å². The molecule has 0 saturated carbocycles. The molecule has 0 aliphatic heterocycles. The standard InChI is InChI=1S/C23H26BrNO2/c1-4-5-18-6-7-21(23(14-18)26-3)16-27-22-10-8-19(9-11-22)17(2)20(15-25)12-13-24/h6-11,14H,4-5,12-13,16H2,1-3H3/b20-17+. The van der Waals surface area contributed by atoms with Gasteiger partial charge < -0.3 is 9.47 Å². The third-order valence-electron chi connectivity index (χ3n) is 4.50. The molecule has 27 heavy (non-hydrogen) atoms. The van der Waals surface area contributed by atoms with Crippen LogP contribution in [0.2, 0.25) is 0 Å². The predicted octanol–water partition coefficient (Wildman–Crippen LogP) is 6.31. The second kappa shape index (κ2) is 10.8. The molecule has 0 aliphatic rings. The molecule has 0 spiro atoms. The molecule has 2 aromatic rings. The number of nitriles is 1. The number of aryl methyl sites for hydroxylation is 1. The number of rotatable bonds is 9. The first kappa shape index (κ1) is 21.1. The Morgan fingerprint density at radius 1 is 1.15 bits per heavy atom. The Morgan fingerprint density at radius 3 is 2.48 bits per heavy atom. The van der Waals surface area contributed by atoms with Crippen molar-refractivity contribution in [3.8, 4) is 17.6 Å². The first-order valence-electron chi connectivity index (χ1n) is 9.17. The van der Waals surface area contributed by atoms with E-state index in [0.29, 0.717) is 6.61 Å². The van der Waals surface area contributed by atoms with Crippen LogP contribution >= 0.6 is 15.9 Å². The Hall–Kier alpha value is -2.25. The zero-order valence-corrected chi connectivity index (χ0v) is 17.8. The highest BCUT2D eigenvalue weighted by molar-refractivity contribution is 9.09. The summed E-state index contributed by atoms with van der Waals surface area (Å²) in [7, 11) is 1.69. The molecule has 0 N–H and O–H groups in total. The molecule has 0 aromatic heterocycles. The van der Waals surface area contributed by atoms with E-state index in [1.165, 1.54) is 5.56 Å². The van der Waals surface area contributed by atoms with E-state index in [4.69, 9.17) is 9.47 Å². The minimum Gasteiger partial charge on any atom is -0.496 e. The quantitative estimate of drug-likeness (QED) is 0.347. The molecule has 142 valence electrons. The minimum atomic E-state index is 0.455. The van der Waals surface area contributed by atoms with Crippen LogP contribution in [0.5, 0.6) is 11.5 Å². The molecule has 0 heterocycles. The number of nitrogens with zero attached hydrogens (tertiary/aromatic N) is 1. The van der Waals surface area contributed by atoms with Crippen molar-refractivity contribution in [1.29, 1.82) is 5.26 Å². The van der Waals surface area contributed by atoms with Crippen molar-refractivity contribution < 1.29 is 9.47 Å². The third kappa shape index (κ3) is 5.87. The Balaban J connectivity index is 2.08. The number of benzene rings is 2. The normalized spacial score (nSPS) is 11.5. The Labute approximate surface area is 170 Å². The molecule has 3 nitrogen and oxygen atoms in total. The van der Waals surface area contributed by atoms with Crippen molar-refractivity contribution in [2.24, 2.45) is 0 Å². The molecule has 0 atom stereocenters. The van der Waals surface area contributed by atoms with Gasteiger partial charge in [0.2, 0.25) is 0 Å². The summed E-state index contributed by atoms with van der Waals surface area (Å²) in [5.41, 5.74) is 5.17. The Bertz CT molecular complexity index is 819. The van der Waals surface area contributed by atoms with E-state index in [9.17, 15) is 5.26 Å². The molecule has 0 bridgehead atoms. The molecule has 0 saturated heterocycles. The summed E-state index contributed by atoms with van der Waals surface area (Å²) in [5.74, 6) is 1.66. The van der Waals surface area contributed by atoms with Gasteiger partial charge in [-0.2, -0.15) is 5.26 Å². The zero-order chi connectivity index (χ0) is 19.6. The number of hydrogen-bond acceptors (Lipinski definition) is 3. The van der Waals surface area contributed by atoms with E-state index < -0.39 is 0 Å². The van der Waals surface area contributed by atoms with Crippen LogP contribution in [0.3, 0.4) is 0 Å². The van der Waals surface area contributed by atoms with Gasteiger partial charge in [-0.25, -0.2) is 0 Å². The number of alkyl halides is 1. The van der Waals surface area contributed by atoms with E-state index >= 15 is 0 Å². The number of hydrogen-bond donors (Lipinski definition) is 0. The van der Waals surface area contributed by atoms with E-state index in [-0.39, 0.29) is 0 Å². The largest absolute Gasteiger partial charge is 0.496 e. The highest BCUT2D eigenvalue weighted by Gasteiger charge is 2.07. The molecule has 0 amide bonds. The lowest BCUT2D eigenvalue weighted by Gasteiger charge is -2.12. The maximum atomic E-state index is 9.29. The number of ether oxygens (including phenoxy) is 2. The van der Waals surface area contributed by atoms with Crippen LogP contribution < -0.4 is 9.47 Å². The summed E-state index contributed by atoms with van der Waals surface area (Å²) in [6.45, 7) is 4.61. The maximum Gasteiger partial charge on any atom is 0.125 e. The lowest BCUT2D eigenvalue weighted by atomic mass is 10.0. The van der Waals surface area contributed by atoms with Gasteiger partial charge in [-0.15, -0.1) is 0 Å². The average molecular weight is 428 g/mol. The van der Waals surface area contributed by atoms with Gasteiger partial charge >= 0.3 is 0 Å². The average Bonchev–Trinajstić information content (AvgIpc) is 2.71. The summed E-state index contributed by atoms with van der Waals surface area (Å²) in [5, 5.41) is 10.1. The Kier molecular flexibility index (Phi) is 8.42. The van der Waals surface area contributed by atoms with Crippen LogP contribution in [0.25, 0.3) is 5.57 Å². The lowest BCUT2D eigenvalue weighted by Crippen LogP contribution is -2.00. The molecule has 0 aliphatic carbocycles. The van der Waals surface area contributed by atoms with Crippen LogP contribution in [0.15, 0.2) is 48.0 Å². The summed E-state index contributed by atoms with van der Waals surface area (Å²) in [6.07, 6.45) is 2.89. The van der Waals surface area contributed by atoms with Crippen LogP contribution in [-0.2, 0) is 13.0 Å². The third-order valence-corrected chi connectivity index (χ3v) is 4.90. The van der Waals surface area contributed by atoms with E-state index in [2.05, 4.69) is 47.1 Å². The van der Waals surface area contributed by atoms with Crippen LogP contribution in [0, 0.1) is 11.3 Å². The van der Waals surface area contributed by atoms with E-state index in [0.717, 1.165) is 58.4 Å². The van der Waals surface area contributed by atoms with Crippen molar-refractivity contribution in [1.82, 2.24) is 0 Å². The van der Waals surface area contributed by atoms with Gasteiger partial charge in [0.25, 0.3) is 0 Å². The van der Waals surface area contributed by atoms with E-state index in [1.807, 2.05) is 31.2 Å². The van der Waals surface area contributed by atoms with Crippen molar-refractivity contribution >= 4 is 21.5 Å². The lowest BCUT2D eigenvalue weighted by molar-refractivity contribution is 0.296. The molecule has 2 rings (SSSR count). The van der Waals surface area contributed by atoms with Crippen molar-refractivity contribution in [2.75, 3.05) is 12.4 Å². The Morgan fingerprint density at radius 2 is 1.89 bits per heavy atom. The number of allylic oxidation sites excluding steroid dienone is 2. The fourth-order valence-corrected chi connectivity index (χ4v) is 3.31. The summed E-state index contributed by atoms with van der Waals surface area (Å²) < 4.78 is 11.4. The first-order chi connectivity index (χ1) is 13.1. The molecule has 2 aromatic carbocycles. The number of methoxy groups -OCH3 is 1. The van der Waals surface area contributed by atoms with Gasteiger partial charge in [-0.05, 0) is 54.7 Å². The van der Waals surface area contributed by atoms with Gasteiger partial charge in [0, 0.05) is 16.5 Å². The topological polar surface area (TPSA) is 42.2 Å². The second-order valence-corrected chi connectivity index (χ2v) is 7.16. The molecule has 0 unspecified atom stereocenters. The molecular weight excluding hydrogens is 402 g/mol. The van der Waals surface area contributed by atoms with Gasteiger partial charge in [-0.1, -0.05) is 53.5 Å². The summed E-state index contributed by atoms with van der Waals surface area (Å²) >= 11 is 3.40. The highest BCUT2D eigenvalue weighted by Crippen LogP contribution is 2.25. The fourth-order valence-electron chi connectivity index (χ4n) is 2.91. The zero-order valence-electron chi connectivity index (χ0n) is 16.2. The van der Waals surface area contributed by atoms with Gasteiger partial charge in [0.1, 0.15) is 18.1 Å². The molecule has 0 fully saturated rings. The first-order valence-corrected chi connectivity index (χ1v) is 10.3. The van der Waals surface area contributed by atoms with Gasteiger partial charge in [0.05, 0.1) is 13.2 Å². The summed E-state index contributed by atoms with van der Waals surface area (Å²) in [4.78, 5) is 0. The molecule has 0 radical (unpaired) electrons.